The number of aromatic nitrogens is 2. The van der Waals surface area contributed by atoms with E-state index in [1.165, 1.54) is 6.33 Å². The van der Waals surface area contributed by atoms with E-state index in [9.17, 15) is 10.2 Å². The van der Waals surface area contributed by atoms with Gasteiger partial charge in [0.15, 0.2) is 0 Å². The van der Waals surface area contributed by atoms with E-state index >= 15 is 0 Å². The van der Waals surface area contributed by atoms with Gasteiger partial charge in [-0.2, -0.15) is 0 Å². The minimum atomic E-state index is -0.720. The first-order valence-electron chi connectivity index (χ1n) is 5.88. The highest BCUT2D eigenvalue weighted by atomic mass is 16.3. The molecule has 0 saturated carbocycles. The summed E-state index contributed by atoms with van der Waals surface area (Å²) in [6.07, 6.45) is 2.11. The lowest BCUT2D eigenvalue weighted by Crippen LogP contribution is -2.45. The summed E-state index contributed by atoms with van der Waals surface area (Å²) in [4.78, 5) is 8.28. The van der Waals surface area contributed by atoms with Crippen molar-refractivity contribution in [3.05, 3.63) is 18.1 Å². The molecule has 0 amide bonds. The molecule has 0 aliphatic rings. The number of rotatable bonds is 6. The average molecular weight is 239 g/mol. The quantitative estimate of drug-likeness (QED) is 0.694. The predicted octanol–water partition coefficient (Wildman–Crippen LogP) is 1.15. The number of hydrogen-bond donors (Lipinski definition) is 3. The second-order valence-corrected chi connectivity index (χ2v) is 4.56. The Kier molecular flexibility index (Phi) is 4.84. The highest BCUT2D eigenvalue weighted by molar-refractivity contribution is 5.39. The van der Waals surface area contributed by atoms with Crippen molar-refractivity contribution < 1.29 is 10.2 Å². The van der Waals surface area contributed by atoms with Crippen molar-refractivity contribution in [3.8, 4) is 0 Å². The normalized spacial score (nSPS) is 11.9. The molecule has 0 bridgehead atoms. The Morgan fingerprint density at radius 2 is 1.94 bits per heavy atom. The van der Waals surface area contributed by atoms with Gasteiger partial charge in [-0.25, -0.2) is 9.97 Å². The molecule has 0 saturated heterocycles. The summed E-state index contributed by atoms with van der Waals surface area (Å²) in [5, 5.41) is 21.8. The van der Waals surface area contributed by atoms with Crippen LogP contribution < -0.4 is 5.32 Å². The molecule has 96 valence electrons. The Balaban J connectivity index is 2.90. The van der Waals surface area contributed by atoms with E-state index in [0.29, 0.717) is 18.2 Å². The highest BCUT2D eigenvalue weighted by Gasteiger charge is 2.26. The lowest BCUT2D eigenvalue weighted by Gasteiger charge is -2.30. The van der Waals surface area contributed by atoms with Crippen LogP contribution in [0.1, 0.15) is 38.8 Å². The lowest BCUT2D eigenvalue weighted by atomic mass is 9.98. The Bertz CT molecular complexity index is 343. The second kappa shape index (κ2) is 5.93. The highest BCUT2D eigenvalue weighted by Crippen LogP contribution is 2.19. The van der Waals surface area contributed by atoms with Gasteiger partial charge in [-0.3, -0.25) is 0 Å². The van der Waals surface area contributed by atoms with Crippen LogP contribution in [-0.2, 0) is 0 Å². The van der Waals surface area contributed by atoms with Crippen molar-refractivity contribution in [3.63, 3.8) is 0 Å². The van der Waals surface area contributed by atoms with Gasteiger partial charge >= 0.3 is 0 Å². The van der Waals surface area contributed by atoms with Crippen LogP contribution in [0.5, 0.6) is 0 Å². The molecule has 5 nitrogen and oxygen atoms in total. The molecule has 3 N–H and O–H groups in total. The Hall–Kier alpha value is -1.20. The van der Waals surface area contributed by atoms with Gasteiger partial charge < -0.3 is 15.5 Å². The first-order chi connectivity index (χ1) is 8.06. The van der Waals surface area contributed by atoms with E-state index in [4.69, 9.17) is 0 Å². The van der Waals surface area contributed by atoms with Gasteiger partial charge in [-0.15, -0.1) is 0 Å². The Morgan fingerprint density at radius 3 is 2.41 bits per heavy atom. The van der Waals surface area contributed by atoms with Crippen LogP contribution in [0.25, 0.3) is 0 Å². The monoisotopic (exact) mass is 239 g/mol. The van der Waals surface area contributed by atoms with Gasteiger partial charge in [0.05, 0.1) is 18.8 Å². The molecule has 0 aromatic carbocycles. The number of anilines is 1. The molecular weight excluding hydrogens is 218 g/mol. The zero-order valence-corrected chi connectivity index (χ0v) is 10.6. The van der Waals surface area contributed by atoms with Crippen molar-refractivity contribution in [2.24, 2.45) is 0 Å². The third-order valence-corrected chi connectivity index (χ3v) is 2.96. The maximum atomic E-state index is 9.35. The molecule has 0 unspecified atom stereocenters. The van der Waals surface area contributed by atoms with Crippen molar-refractivity contribution in [1.82, 2.24) is 9.97 Å². The van der Waals surface area contributed by atoms with E-state index in [1.54, 1.807) is 0 Å². The van der Waals surface area contributed by atoms with Gasteiger partial charge in [0.2, 0.25) is 0 Å². The molecule has 1 heterocycles. The molecule has 0 atom stereocenters. The minimum Gasteiger partial charge on any atom is -0.394 e. The summed E-state index contributed by atoms with van der Waals surface area (Å²) >= 11 is 0. The van der Waals surface area contributed by atoms with E-state index in [1.807, 2.05) is 13.0 Å². The van der Waals surface area contributed by atoms with Crippen molar-refractivity contribution in [2.75, 3.05) is 18.5 Å². The third kappa shape index (κ3) is 3.38. The maximum absolute atomic E-state index is 9.35. The van der Waals surface area contributed by atoms with Gasteiger partial charge in [0, 0.05) is 11.8 Å². The summed E-state index contributed by atoms with van der Waals surface area (Å²) < 4.78 is 0. The van der Waals surface area contributed by atoms with E-state index in [0.717, 1.165) is 5.69 Å². The SMILES string of the molecule is CCC(CO)(CO)Nc1cc(C(C)C)ncn1. The van der Waals surface area contributed by atoms with E-state index in [2.05, 4.69) is 29.1 Å². The standard InChI is InChI=1S/C12H21N3O2/c1-4-12(6-16,7-17)15-11-5-10(9(2)3)13-8-14-11/h5,8-9,16-17H,4,6-7H2,1-3H3,(H,13,14,15). The summed E-state index contributed by atoms with van der Waals surface area (Å²) in [5.41, 5.74) is 0.214. The Labute approximate surface area is 102 Å². The minimum absolute atomic E-state index is 0.138. The Morgan fingerprint density at radius 1 is 1.29 bits per heavy atom. The lowest BCUT2D eigenvalue weighted by molar-refractivity contribution is 0.132. The summed E-state index contributed by atoms with van der Waals surface area (Å²) in [6.45, 7) is 5.74. The molecule has 17 heavy (non-hydrogen) atoms. The fourth-order valence-corrected chi connectivity index (χ4v) is 1.47. The molecule has 1 aromatic heterocycles. The fraction of sp³-hybridized carbons (Fsp3) is 0.667. The molecule has 1 rings (SSSR count). The van der Waals surface area contributed by atoms with Gasteiger partial charge in [0.25, 0.3) is 0 Å². The van der Waals surface area contributed by atoms with Gasteiger partial charge in [-0.05, 0) is 12.3 Å². The fourth-order valence-electron chi connectivity index (χ4n) is 1.47. The van der Waals surface area contributed by atoms with Crippen LogP contribution in [0.2, 0.25) is 0 Å². The molecule has 0 fully saturated rings. The zero-order chi connectivity index (χ0) is 12.9. The van der Waals surface area contributed by atoms with Gasteiger partial charge in [-0.1, -0.05) is 20.8 Å². The first-order valence-corrected chi connectivity index (χ1v) is 5.88. The molecule has 5 heteroatoms. The molecule has 0 aliphatic heterocycles. The number of aliphatic hydroxyl groups excluding tert-OH is 2. The zero-order valence-electron chi connectivity index (χ0n) is 10.6. The van der Waals surface area contributed by atoms with Crippen molar-refractivity contribution in [1.29, 1.82) is 0 Å². The van der Waals surface area contributed by atoms with Crippen LogP contribution >= 0.6 is 0 Å². The van der Waals surface area contributed by atoms with Crippen LogP contribution in [-0.4, -0.2) is 38.9 Å². The van der Waals surface area contributed by atoms with Crippen LogP contribution in [0.15, 0.2) is 12.4 Å². The van der Waals surface area contributed by atoms with Gasteiger partial charge in [0.1, 0.15) is 12.1 Å². The summed E-state index contributed by atoms with van der Waals surface area (Å²) in [6, 6.07) is 1.85. The first kappa shape index (κ1) is 13.9. The molecular formula is C12H21N3O2. The smallest absolute Gasteiger partial charge is 0.130 e. The van der Waals surface area contributed by atoms with E-state index < -0.39 is 5.54 Å². The third-order valence-electron chi connectivity index (χ3n) is 2.96. The predicted molar refractivity (Wildman–Crippen MR) is 66.9 cm³/mol. The number of nitrogens with zero attached hydrogens (tertiary/aromatic N) is 2. The van der Waals surface area contributed by atoms with Crippen LogP contribution in [0, 0.1) is 0 Å². The maximum Gasteiger partial charge on any atom is 0.130 e. The second-order valence-electron chi connectivity index (χ2n) is 4.56. The number of aliphatic hydroxyl groups is 2. The molecule has 0 aliphatic carbocycles. The number of hydrogen-bond acceptors (Lipinski definition) is 5. The number of nitrogens with one attached hydrogen (secondary N) is 1. The van der Waals surface area contributed by atoms with Crippen molar-refractivity contribution in [2.45, 2.75) is 38.6 Å². The van der Waals surface area contributed by atoms with Crippen LogP contribution in [0.4, 0.5) is 5.82 Å². The summed E-state index contributed by atoms with van der Waals surface area (Å²) in [5.74, 6) is 0.950. The van der Waals surface area contributed by atoms with E-state index in [-0.39, 0.29) is 13.2 Å². The van der Waals surface area contributed by atoms with Crippen LogP contribution in [0.3, 0.4) is 0 Å². The molecule has 0 spiro atoms. The van der Waals surface area contributed by atoms with Crippen molar-refractivity contribution >= 4 is 5.82 Å². The molecule has 0 radical (unpaired) electrons. The molecule has 1 aromatic rings. The summed E-state index contributed by atoms with van der Waals surface area (Å²) in [7, 11) is 0. The topological polar surface area (TPSA) is 78.3 Å². The average Bonchev–Trinajstić information content (AvgIpc) is 2.36. The largest absolute Gasteiger partial charge is 0.394 e.